The van der Waals surface area contributed by atoms with Crippen molar-refractivity contribution in [3.8, 4) is 0 Å². The van der Waals surface area contributed by atoms with Crippen LogP contribution in [0.15, 0.2) is 24.3 Å². The minimum atomic E-state index is 0.678. The molecule has 2 atom stereocenters. The summed E-state index contributed by atoms with van der Waals surface area (Å²) >= 11 is 6.25. The Morgan fingerprint density at radius 3 is 2.40 bits per heavy atom. The molecule has 2 saturated heterocycles. The van der Waals surface area contributed by atoms with Gasteiger partial charge in [0.25, 0.3) is 0 Å². The molecule has 0 amide bonds. The summed E-state index contributed by atoms with van der Waals surface area (Å²) in [4.78, 5) is 0. The van der Waals surface area contributed by atoms with Crippen molar-refractivity contribution in [3.63, 3.8) is 0 Å². The zero-order valence-corrected chi connectivity index (χ0v) is 9.50. The van der Waals surface area contributed by atoms with Crippen molar-refractivity contribution >= 4 is 11.6 Å². The van der Waals surface area contributed by atoms with Crippen molar-refractivity contribution in [2.24, 2.45) is 0 Å². The van der Waals surface area contributed by atoms with Crippen molar-refractivity contribution in [1.82, 2.24) is 5.32 Å². The predicted octanol–water partition coefficient (Wildman–Crippen LogP) is 3.34. The quantitative estimate of drug-likeness (QED) is 0.767. The highest BCUT2D eigenvalue weighted by Crippen LogP contribution is 2.39. The molecule has 2 bridgehead atoms. The van der Waals surface area contributed by atoms with E-state index < -0.39 is 0 Å². The van der Waals surface area contributed by atoms with Crippen molar-refractivity contribution < 1.29 is 0 Å². The topological polar surface area (TPSA) is 12.0 Å². The number of benzene rings is 1. The number of nitrogens with one attached hydrogen (secondary N) is 1. The van der Waals surface area contributed by atoms with E-state index in [1.807, 2.05) is 12.1 Å². The Kier molecular flexibility index (Phi) is 2.45. The SMILES string of the molecule is Clc1ccccc1C1CC2CCC(C1)N2. The Balaban J connectivity index is 1.86. The molecule has 0 aliphatic carbocycles. The summed E-state index contributed by atoms with van der Waals surface area (Å²) in [5.74, 6) is 0.678. The van der Waals surface area contributed by atoms with Crippen LogP contribution in [0.25, 0.3) is 0 Å². The molecular formula is C13H16ClN. The summed E-state index contributed by atoms with van der Waals surface area (Å²) in [5, 5.41) is 4.61. The maximum Gasteiger partial charge on any atom is 0.0440 e. The Morgan fingerprint density at radius 2 is 1.73 bits per heavy atom. The first-order valence-corrected chi connectivity index (χ1v) is 6.21. The fraction of sp³-hybridized carbons (Fsp3) is 0.538. The Bertz CT molecular complexity index is 351. The molecule has 2 aliphatic rings. The third-order valence-electron chi connectivity index (χ3n) is 3.82. The van der Waals surface area contributed by atoms with Crippen LogP contribution in [-0.4, -0.2) is 12.1 Å². The molecule has 2 heteroatoms. The Labute approximate surface area is 95.8 Å². The summed E-state index contributed by atoms with van der Waals surface area (Å²) in [7, 11) is 0. The average Bonchev–Trinajstić information content (AvgIpc) is 2.58. The van der Waals surface area contributed by atoms with Crippen LogP contribution in [0.2, 0.25) is 5.02 Å². The standard InChI is InChI=1S/C13H16ClN/c14-13-4-2-1-3-12(13)9-7-10-5-6-11(8-9)15-10/h1-4,9-11,15H,5-8H2. The molecule has 1 aromatic carbocycles. The molecule has 0 saturated carbocycles. The largest absolute Gasteiger partial charge is 0.311 e. The fourth-order valence-corrected chi connectivity index (χ4v) is 3.41. The maximum atomic E-state index is 6.25. The number of halogens is 1. The summed E-state index contributed by atoms with van der Waals surface area (Å²) in [6.07, 6.45) is 5.23. The maximum absolute atomic E-state index is 6.25. The molecule has 2 heterocycles. The highest BCUT2D eigenvalue weighted by molar-refractivity contribution is 6.31. The molecule has 2 fully saturated rings. The average molecular weight is 222 g/mol. The number of rotatable bonds is 1. The van der Waals surface area contributed by atoms with Gasteiger partial charge in [0.15, 0.2) is 0 Å². The van der Waals surface area contributed by atoms with Crippen LogP contribution in [0.5, 0.6) is 0 Å². The molecule has 1 N–H and O–H groups in total. The number of fused-ring (bicyclic) bond motifs is 2. The zero-order chi connectivity index (χ0) is 10.3. The second-order valence-electron chi connectivity index (χ2n) is 4.83. The molecular weight excluding hydrogens is 206 g/mol. The van der Waals surface area contributed by atoms with Gasteiger partial charge >= 0.3 is 0 Å². The molecule has 2 aliphatic heterocycles. The van der Waals surface area contributed by atoms with E-state index >= 15 is 0 Å². The van der Waals surface area contributed by atoms with E-state index in [9.17, 15) is 0 Å². The molecule has 1 nitrogen and oxygen atoms in total. The normalized spacial score (nSPS) is 34.3. The van der Waals surface area contributed by atoms with Crippen molar-refractivity contribution in [2.45, 2.75) is 43.7 Å². The molecule has 0 radical (unpaired) electrons. The van der Waals surface area contributed by atoms with Gasteiger partial charge in [0.05, 0.1) is 0 Å². The van der Waals surface area contributed by atoms with Crippen LogP contribution >= 0.6 is 11.6 Å². The third-order valence-corrected chi connectivity index (χ3v) is 4.16. The second kappa shape index (κ2) is 3.80. The van der Waals surface area contributed by atoms with E-state index in [1.165, 1.54) is 31.2 Å². The summed E-state index contributed by atoms with van der Waals surface area (Å²) in [5.41, 5.74) is 1.36. The Hall–Kier alpha value is -0.530. The number of piperidine rings is 1. The van der Waals surface area contributed by atoms with Gasteiger partial charge in [-0.25, -0.2) is 0 Å². The molecule has 3 rings (SSSR count). The van der Waals surface area contributed by atoms with Gasteiger partial charge in [-0.3, -0.25) is 0 Å². The molecule has 1 aromatic rings. The number of hydrogen-bond donors (Lipinski definition) is 1. The summed E-state index contributed by atoms with van der Waals surface area (Å²) in [6.45, 7) is 0. The first-order valence-electron chi connectivity index (χ1n) is 5.83. The van der Waals surface area contributed by atoms with E-state index in [4.69, 9.17) is 11.6 Å². The van der Waals surface area contributed by atoms with Crippen LogP contribution in [-0.2, 0) is 0 Å². The highest BCUT2D eigenvalue weighted by Gasteiger charge is 2.34. The van der Waals surface area contributed by atoms with E-state index in [-0.39, 0.29) is 0 Å². The zero-order valence-electron chi connectivity index (χ0n) is 8.75. The molecule has 15 heavy (non-hydrogen) atoms. The van der Waals surface area contributed by atoms with Gasteiger partial charge in [0, 0.05) is 17.1 Å². The van der Waals surface area contributed by atoms with E-state index in [0.29, 0.717) is 5.92 Å². The number of hydrogen-bond acceptors (Lipinski definition) is 1. The third kappa shape index (κ3) is 1.79. The van der Waals surface area contributed by atoms with Crippen LogP contribution in [0.3, 0.4) is 0 Å². The lowest BCUT2D eigenvalue weighted by molar-refractivity contribution is 0.363. The summed E-state index contributed by atoms with van der Waals surface area (Å²) < 4.78 is 0. The van der Waals surface area contributed by atoms with E-state index in [2.05, 4.69) is 17.4 Å². The minimum Gasteiger partial charge on any atom is -0.311 e. The van der Waals surface area contributed by atoms with Gasteiger partial charge < -0.3 is 5.32 Å². The second-order valence-corrected chi connectivity index (χ2v) is 5.23. The lowest BCUT2D eigenvalue weighted by Gasteiger charge is -2.29. The summed E-state index contributed by atoms with van der Waals surface area (Å²) in [6, 6.07) is 9.81. The van der Waals surface area contributed by atoms with Gasteiger partial charge in [0.2, 0.25) is 0 Å². The monoisotopic (exact) mass is 221 g/mol. The molecule has 2 unspecified atom stereocenters. The molecule has 0 aromatic heterocycles. The van der Waals surface area contributed by atoms with Crippen LogP contribution < -0.4 is 5.32 Å². The van der Waals surface area contributed by atoms with Gasteiger partial charge in [-0.2, -0.15) is 0 Å². The molecule has 80 valence electrons. The van der Waals surface area contributed by atoms with Crippen LogP contribution in [0.4, 0.5) is 0 Å². The lowest BCUT2D eigenvalue weighted by atomic mass is 9.86. The van der Waals surface area contributed by atoms with Crippen molar-refractivity contribution in [3.05, 3.63) is 34.9 Å². The van der Waals surface area contributed by atoms with Crippen molar-refractivity contribution in [2.75, 3.05) is 0 Å². The highest BCUT2D eigenvalue weighted by atomic mass is 35.5. The lowest BCUT2D eigenvalue weighted by Crippen LogP contribution is -2.37. The van der Waals surface area contributed by atoms with Gasteiger partial charge in [-0.15, -0.1) is 0 Å². The first kappa shape index (κ1) is 9.68. The van der Waals surface area contributed by atoms with E-state index in [0.717, 1.165) is 17.1 Å². The first-order chi connectivity index (χ1) is 7.33. The fourth-order valence-electron chi connectivity index (χ4n) is 3.12. The van der Waals surface area contributed by atoms with Gasteiger partial charge in [-0.05, 0) is 43.2 Å². The van der Waals surface area contributed by atoms with E-state index in [1.54, 1.807) is 0 Å². The van der Waals surface area contributed by atoms with Crippen LogP contribution in [0, 0.1) is 0 Å². The predicted molar refractivity (Wildman–Crippen MR) is 63.4 cm³/mol. The minimum absolute atomic E-state index is 0.678. The molecule has 0 spiro atoms. The van der Waals surface area contributed by atoms with Gasteiger partial charge in [-0.1, -0.05) is 29.8 Å². The Morgan fingerprint density at radius 1 is 1.07 bits per heavy atom. The van der Waals surface area contributed by atoms with Crippen molar-refractivity contribution in [1.29, 1.82) is 0 Å². The van der Waals surface area contributed by atoms with Crippen LogP contribution in [0.1, 0.15) is 37.2 Å². The smallest absolute Gasteiger partial charge is 0.0440 e. The van der Waals surface area contributed by atoms with Gasteiger partial charge in [0.1, 0.15) is 0 Å².